The van der Waals surface area contributed by atoms with Crippen molar-refractivity contribution >= 4 is 0 Å². The minimum atomic E-state index is -0.354. The predicted octanol–water partition coefficient (Wildman–Crippen LogP) is 3.94. The van der Waals surface area contributed by atoms with Crippen molar-refractivity contribution in [2.75, 3.05) is 0 Å². The lowest BCUT2D eigenvalue weighted by molar-refractivity contribution is 0.165. The monoisotopic (exact) mass is 230 g/mol. The number of unbranched alkanes of at least 4 members (excludes halogenated alkanes) is 1. The molecule has 0 saturated carbocycles. The smallest absolute Gasteiger partial charge is 0.0790 e. The Morgan fingerprint density at radius 2 is 1.82 bits per heavy atom. The Labute approximate surface area is 105 Å². The molecule has 0 aliphatic carbocycles. The van der Waals surface area contributed by atoms with E-state index in [4.69, 9.17) is 0 Å². The zero-order chi connectivity index (χ0) is 12.7. The molecular weight excluding hydrogens is 208 g/mol. The van der Waals surface area contributed by atoms with Crippen LogP contribution >= 0.6 is 0 Å². The molecule has 0 bridgehead atoms. The molecule has 0 fully saturated rings. The largest absolute Gasteiger partial charge is 0.388 e. The predicted molar refractivity (Wildman–Crippen MR) is 72.5 cm³/mol. The number of aliphatic hydroxyl groups is 1. The van der Waals surface area contributed by atoms with Crippen molar-refractivity contribution in [3.8, 4) is 11.8 Å². The summed E-state index contributed by atoms with van der Waals surface area (Å²) in [7, 11) is 0. The van der Waals surface area contributed by atoms with E-state index in [9.17, 15) is 5.11 Å². The molecule has 17 heavy (non-hydrogen) atoms. The molecular formula is C16H22O. The molecule has 1 aromatic carbocycles. The van der Waals surface area contributed by atoms with Crippen molar-refractivity contribution in [3.05, 3.63) is 35.9 Å². The standard InChI is InChI=1S/C16H22O/c1-16(2,3)13-9-5-8-12-15(17)14-10-6-4-7-11-14/h4,6-7,10-11,15,17H,5,8,12H2,1-3H3. The zero-order valence-electron chi connectivity index (χ0n) is 11.0. The highest BCUT2D eigenvalue weighted by Crippen LogP contribution is 2.18. The third-order valence-electron chi connectivity index (χ3n) is 2.43. The second kappa shape index (κ2) is 6.47. The van der Waals surface area contributed by atoms with Gasteiger partial charge < -0.3 is 5.11 Å². The maximum absolute atomic E-state index is 9.93. The Bertz CT molecular complexity index is 375. The van der Waals surface area contributed by atoms with E-state index in [1.54, 1.807) is 0 Å². The van der Waals surface area contributed by atoms with Gasteiger partial charge in [0.15, 0.2) is 0 Å². The molecule has 0 spiro atoms. The van der Waals surface area contributed by atoms with Crippen LogP contribution in [-0.2, 0) is 0 Å². The number of benzene rings is 1. The van der Waals surface area contributed by atoms with Crippen molar-refractivity contribution < 1.29 is 5.11 Å². The van der Waals surface area contributed by atoms with Crippen LogP contribution in [0.1, 0.15) is 51.7 Å². The number of hydrogen-bond donors (Lipinski definition) is 1. The normalized spacial score (nSPS) is 12.7. The Balaban J connectivity index is 2.30. The molecule has 0 aliphatic rings. The quantitative estimate of drug-likeness (QED) is 0.613. The third kappa shape index (κ3) is 6.14. The van der Waals surface area contributed by atoms with Crippen LogP contribution in [0.5, 0.6) is 0 Å². The summed E-state index contributed by atoms with van der Waals surface area (Å²) in [5, 5.41) is 9.93. The van der Waals surface area contributed by atoms with E-state index in [1.807, 2.05) is 30.3 Å². The van der Waals surface area contributed by atoms with Gasteiger partial charge in [0, 0.05) is 11.8 Å². The molecule has 92 valence electrons. The number of hydrogen-bond acceptors (Lipinski definition) is 1. The second-order valence-corrected chi connectivity index (χ2v) is 5.37. The highest BCUT2D eigenvalue weighted by molar-refractivity contribution is 5.17. The SMILES string of the molecule is CC(C)(C)C#CCCCC(O)c1ccccc1. The highest BCUT2D eigenvalue weighted by atomic mass is 16.3. The first-order valence-electron chi connectivity index (χ1n) is 6.22. The molecule has 0 amide bonds. The fraction of sp³-hybridized carbons (Fsp3) is 0.500. The fourth-order valence-electron chi connectivity index (χ4n) is 1.55. The van der Waals surface area contributed by atoms with Gasteiger partial charge >= 0.3 is 0 Å². The molecule has 0 saturated heterocycles. The number of aliphatic hydroxyl groups excluding tert-OH is 1. The van der Waals surface area contributed by atoms with Gasteiger partial charge in [0.25, 0.3) is 0 Å². The van der Waals surface area contributed by atoms with Crippen LogP contribution in [0, 0.1) is 17.3 Å². The summed E-state index contributed by atoms with van der Waals surface area (Å²) >= 11 is 0. The van der Waals surface area contributed by atoms with Gasteiger partial charge in [-0.05, 0) is 39.2 Å². The van der Waals surface area contributed by atoms with Crippen LogP contribution in [0.2, 0.25) is 0 Å². The molecule has 0 radical (unpaired) electrons. The molecule has 1 rings (SSSR count). The molecule has 1 N–H and O–H groups in total. The van der Waals surface area contributed by atoms with Gasteiger partial charge in [-0.2, -0.15) is 0 Å². The van der Waals surface area contributed by atoms with E-state index in [2.05, 4.69) is 32.6 Å². The van der Waals surface area contributed by atoms with E-state index < -0.39 is 0 Å². The summed E-state index contributed by atoms with van der Waals surface area (Å²) in [5.41, 5.74) is 1.08. The van der Waals surface area contributed by atoms with Gasteiger partial charge in [0.2, 0.25) is 0 Å². The molecule has 1 atom stereocenters. The topological polar surface area (TPSA) is 20.2 Å². The zero-order valence-corrected chi connectivity index (χ0v) is 11.0. The summed E-state index contributed by atoms with van der Waals surface area (Å²) in [5.74, 6) is 6.37. The maximum Gasteiger partial charge on any atom is 0.0790 e. The van der Waals surface area contributed by atoms with E-state index in [-0.39, 0.29) is 11.5 Å². The molecule has 1 nitrogen and oxygen atoms in total. The molecule has 1 heteroatoms. The fourth-order valence-corrected chi connectivity index (χ4v) is 1.55. The minimum absolute atomic E-state index is 0.0814. The van der Waals surface area contributed by atoms with Crippen molar-refractivity contribution in [1.82, 2.24) is 0 Å². The lowest BCUT2D eigenvalue weighted by Gasteiger charge is -2.09. The van der Waals surface area contributed by atoms with Gasteiger partial charge in [-0.25, -0.2) is 0 Å². The van der Waals surface area contributed by atoms with Gasteiger partial charge in [0.05, 0.1) is 6.10 Å². The first-order valence-corrected chi connectivity index (χ1v) is 6.22. The van der Waals surface area contributed by atoms with Crippen molar-refractivity contribution in [1.29, 1.82) is 0 Å². The third-order valence-corrected chi connectivity index (χ3v) is 2.43. The van der Waals surface area contributed by atoms with E-state index in [1.165, 1.54) is 0 Å². The van der Waals surface area contributed by atoms with Crippen molar-refractivity contribution in [3.63, 3.8) is 0 Å². The average Bonchev–Trinajstić information content (AvgIpc) is 2.28. The maximum atomic E-state index is 9.93. The molecule has 0 aromatic heterocycles. The van der Waals surface area contributed by atoms with Gasteiger partial charge in [-0.15, -0.1) is 5.92 Å². The van der Waals surface area contributed by atoms with Crippen LogP contribution in [0.4, 0.5) is 0 Å². The summed E-state index contributed by atoms with van der Waals surface area (Å²) in [6.07, 6.45) is 2.23. The lowest BCUT2D eigenvalue weighted by Crippen LogP contribution is -1.99. The Hall–Kier alpha value is -1.26. The molecule has 1 aromatic rings. The van der Waals surface area contributed by atoms with E-state index >= 15 is 0 Å². The van der Waals surface area contributed by atoms with Crippen LogP contribution in [0.15, 0.2) is 30.3 Å². The summed E-state index contributed by atoms with van der Waals surface area (Å²) < 4.78 is 0. The van der Waals surface area contributed by atoms with Crippen LogP contribution in [0.3, 0.4) is 0 Å². The second-order valence-electron chi connectivity index (χ2n) is 5.37. The van der Waals surface area contributed by atoms with Gasteiger partial charge in [-0.3, -0.25) is 0 Å². The molecule has 0 aliphatic heterocycles. The Kier molecular flexibility index (Phi) is 5.25. The Morgan fingerprint density at radius 1 is 1.18 bits per heavy atom. The molecule has 0 heterocycles. The van der Waals surface area contributed by atoms with Crippen molar-refractivity contribution in [2.24, 2.45) is 5.41 Å². The van der Waals surface area contributed by atoms with Gasteiger partial charge in [-0.1, -0.05) is 36.3 Å². The molecule has 1 unspecified atom stereocenters. The van der Waals surface area contributed by atoms with Crippen molar-refractivity contribution in [2.45, 2.75) is 46.1 Å². The lowest BCUT2D eigenvalue weighted by atomic mass is 9.97. The van der Waals surface area contributed by atoms with Crippen LogP contribution in [0.25, 0.3) is 0 Å². The first kappa shape index (κ1) is 13.8. The van der Waals surface area contributed by atoms with E-state index in [0.29, 0.717) is 0 Å². The minimum Gasteiger partial charge on any atom is -0.388 e. The Morgan fingerprint density at radius 3 is 2.41 bits per heavy atom. The number of rotatable bonds is 4. The van der Waals surface area contributed by atoms with E-state index in [0.717, 1.165) is 24.8 Å². The summed E-state index contributed by atoms with van der Waals surface area (Å²) in [6, 6.07) is 9.80. The first-order chi connectivity index (χ1) is 7.99. The highest BCUT2D eigenvalue weighted by Gasteiger charge is 2.06. The van der Waals surface area contributed by atoms with Crippen LogP contribution < -0.4 is 0 Å². The summed E-state index contributed by atoms with van der Waals surface area (Å²) in [4.78, 5) is 0. The average molecular weight is 230 g/mol. The van der Waals surface area contributed by atoms with Crippen LogP contribution in [-0.4, -0.2) is 5.11 Å². The summed E-state index contributed by atoms with van der Waals surface area (Å²) in [6.45, 7) is 6.33. The van der Waals surface area contributed by atoms with Gasteiger partial charge in [0.1, 0.15) is 0 Å².